The molecule has 1 aromatic carbocycles. The van der Waals surface area contributed by atoms with Crippen molar-refractivity contribution >= 4 is 17.2 Å². The first-order valence-electron chi connectivity index (χ1n) is 6.91. The number of nitrogens with two attached hydrogens (primary N) is 1. The van der Waals surface area contributed by atoms with Gasteiger partial charge in [-0.2, -0.15) is 0 Å². The molecular formula is C16H19NO3. The first-order valence-corrected chi connectivity index (χ1v) is 6.91. The maximum atomic E-state index is 11.6. The summed E-state index contributed by atoms with van der Waals surface area (Å²) in [5.41, 5.74) is 9.79. The summed E-state index contributed by atoms with van der Waals surface area (Å²) in [6.07, 6.45) is 5.48. The summed E-state index contributed by atoms with van der Waals surface area (Å²) in [6.45, 7) is 1.67. The van der Waals surface area contributed by atoms with Crippen LogP contribution in [0, 0.1) is 5.41 Å². The van der Waals surface area contributed by atoms with Gasteiger partial charge in [0.05, 0.1) is 12.7 Å². The van der Waals surface area contributed by atoms with Crippen LogP contribution in [-0.2, 0) is 9.47 Å². The standard InChI is InChI=1S/C16H19NO3/c1-19-15(18)11-2-3-14(17)13(8-11)12-9-16(10-12)4-6-20-7-5-16/h2-3,8-9H,4-7,10,17H2,1H3. The molecule has 1 aromatic rings. The Morgan fingerprint density at radius 2 is 2.05 bits per heavy atom. The van der Waals surface area contributed by atoms with Crippen LogP contribution in [0.4, 0.5) is 5.69 Å². The molecule has 2 N–H and O–H groups in total. The number of anilines is 1. The van der Waals surface area contributed by atoms with E-state index in [2.05, 4.69) is 6.08 Å². The lowest BCUT2D eigenvalue weighted by molar-refractivity contribution is 0.0338. The Bertz CT molecular complexity index is 571. The Labute approximate surface area is 118 Å². The summed E-state index contributed by atoms with van der Waals surface area (Å²) < 4.78 is 10.2. The lowest BCUT2D eigenvalue weighted by Gasteiger charge is -2.43. The third-order valence-electron chi connectivity index (χ3n) is 4.33. The predicted octanol–water partition coefficient (Wildman–Crippen LogP) is 2.64. The number of carbonyl (C=O) groups excluding carboxylic acids is 1. The number of esters is 1. The molecule has 2 aliphatic rings. The van der Waals surface area contributed by atoms with Gasteiger partial charge in [-0.1, -0.05) is 6.08 Å². The smallest absolute Gasteiger partial charge is 0.337 e. The molecule has 0 amide bonds. The highest BCUT2D eigenvalue weighted by atomic mass is 16.5. The zero-order valence-electron chi connectivity index (χ0n) is 11.6. The second-order valence-electron chi connectivity index (χ2n) is 5.61. The average molecular weight is 273 g/mol. The van der Waals surface area contributed by atoms with Crippen molar-refractivity contribution in [3.05, 3.63) is 35.4 Å². The Morgan fingerprint density at radius 3 is 2.70 bits per heavy atom. The summed E-state index contributed by atoms with van der Waals surface area (Å²) in [5.74, 6) is -0.327. The summed E-state index contributed by atoms with van der Waals surface area (Å²) in [6, 6.07) is 5.31. The number of carbonyl (C=O) groups is 1. The van der Waals surface area contributed by atoms with Crippen molar-refractivity contribution < 1.29 is 14.3 Å². The van der Waals surface area contributed by atoms with Crippen LogP contribution in [0.5, 0.6) is 0 Å². The van der Waals surface area contributed by atoms with Crippen molar-refractivity contribution in [2.45, 2.75) is 19.3 Å². The van der Waals surface area contributed by atoms with Gasteiger partial charge in [-0.05, 0) is 48.4 Å². The Balaban J connectivity index is 1.88. The molecule has 0 atom stereocenters. The molecule has 0 bridgehead atoms. The van der Waals surface area contributed by atoms with Gasteiger partial charge >= 0.3 is 5.97 Å². The second kappa shape index (κ2) is 4.94. The average Bonchev–Trinajstić information content (AvgIpc) is 2.45. The van der Waals surface area contributed by atoms with E-state index in [-0.39, 0.29) is 5.97 Å². The Hall–Kier alpha value is -1.81. The SMILES string of the molecule is COC(=O)c1ccc(N)c(C2=CC3(CCOCC3)C2)c1. The molecule has 4 nitrogen and oxygen atoms in total. The number of hydrogen-bond acceptors (Lipinski definition) is 4. The molecule has 1 saturated heterocycles. The summed E-state index contributed by atoms with van der Waals surface area (Å²) >= 11 is 0. The Kier molecular flexibility index (Phi) is 3.26. The second-order valence-corrected chi connectivity index (χ2v) is 5.61. The molecule has 3 rings (SSSR count). The predicted molar refractivity (Wildman–Crippen MR) is 77.3 cm³/mol. The van der Waals surface area contributed by atoms with Crippen LogP contribution in [0.3, 0.4) is 0 Å². The maximum absolute atomic E-state index is 11.6. The number of methoxy groups -OCH3 is 1. The van der Waals surface area contributed by atoms with E-state index in [4.69, 9.17) is 15.2 Å². The molecule has 1 aliphatic carbocycles. The summed E-state index contributed by atoms with van der Waals surface area (Å²) in [4.78, 5) is 11.6. The topological polar surface area (TPSA) is 61.5 Å². The van der Waals surface area contributed by atoms with Crippen LogP contribution < -0.4 is 5.73 Å². The van der Waals surface area contributed by atoms with Crippen molar-refractivity contribution in [1.82, 2.24) is 0 Å². The van der Waals surface area contributed by atoms with E-state index in [0.717, 1.165) is 38.0 Å². The molecule has 0 radical (unpaired) electrons. The van der Waals surface area contributed by atoms with Crippen LogP contribution in [-0.4, -0.2) is 26.3 Å². The fraction of sp³-hybridized carbons (Fsp3) is 0.438. The molecule has 1 heterocycles. The summed E-state index contributed by atoms with van der Waals surface area (Å²) in [5, 5.41) is 0. The lowest BCUT2D eigenvalue weighted by atomic mass is 9.64. The van der Waals surface area contributed by atoms with Crippen molar-refractivity contribution in [1.29, 1.82) is 0 Å². The minimum Gasteiger partial charge on any atom is -0.465 e. The number of hydrogen-bond donors (Lipinski definition) is 1. The monoisotopic (exact) mass is 273 g/mol. The zero-order valence-corrected chi connectivity index (χ0v) is 11.6. The lowest BCUT2D eigenvalue weighted by Crippen LogP contribution is -2.33. The minimum atomic E-state index is -0.327. The number of ether oxygens (including phenoxy) is 2. The van der Waals surface area contributed by atoms with Crippen LogP contribution in [0.1, 0.15) is 35.2 Å². The third kappa shape index (κ3) is 2.20. The zero-order chi connectivity index (χ0) is 14.2. The first kappa shape index (κ1) is 13.2. The molecular weight excluding hydrogens is 254 g/mol. The summed E-state index contributed by atoms with van der Waals surface area (Å²) in [7, 11) is 1.39. The number of benzene rings is 1. The van der Waals surface area contributed by atoms with Crippen molar-refractivity contribution in [3.8, 4) is 0 Å². The molecule has 1 fully saturated rings. The highest BCUT2D eigenvalue weighted by molar-refractivity contribution is 5.92. The fourth-order valence-electron chi connectivity index (χ4n) is 3.07. The highest BCUT2D eigenvalue weighted by Crippen LogP contribution is 2.51. The molecule has 0 unspecified atom stereocenters. The van der Waals surface area contributed by atoms with Gasteiger partial charge in [-0.3, -0.25) is 0 Å². The largest absolute Gasteiger partial charge is 0.465 e. The number of nitrogen functional groups attached to an aromatic ring is 1. The van der Waals surface area contributed by atoms with Crippen LogP contribution >= 0.6 is 0 Å². The van der Waals surface area contributed by atoms with Crippen molar-refractivity contribution in [3.63, 3.8) is 0 Å². The quantitative estimate of drug-likeness (QED) is 0.664. The molecule has 106 valence electrons. The van der Waals surface area contributed by atoms with Crippen LogP contribution in [0.25, 0.3) is 5.57 Å². The van der Waals surface area contributed by atoms with Crippen molar-refractivity contribution in [2.75, 3.05) is 26.1 Å². The number of allylic oxidation sites excluding steroid dienone is 2. The van der Waals surface area contributed by atoms with E-state index in [9.17, 15) is 4.79 Å². The molecule has 4 heteroatoms. The third-order valence-corrected chi connectivity index (χ3v) is 4.33. The van der Waals surface area contributed by atoms with Crippen LogP contribution in [0.15, 0.2) is 24.3 Å². The van der Waals surface area contributed by atoms with Crippen molar-refractivity contribution in [2.24, 2.45) is 5.41 Å². The molecule has 0 saturated carbocycles. The van der Waals surface area contributed by atoms with E-state index in [1.165, 1.54) is 12.7 Å². The highest BCUT2D eigenvalue weighted by Gasteiger charge is 2.38. The maximum Gasteiger partial charge on any atom is 0.337 e. The van der Waals surface area contributed by atoms with Gasteiger partial charge in [-0.25, -0.2) is 4.79 Å². The van der Waals surface area contributed by atoms with E-state index < -0.39 is 0 Å². The van der Waals surface area contributed by atoms with Gasteiger partial charge in [0.15, 0.2) is 0 Å². The van der Waals surface area contributed by atoms with Gasteiger partial charge in [-0.15, -0.1) is 0 Å². The van der Waals surface area contributed by atoms with E-state index >= 15 is 0 Å². The fourth-order valence-corrected chi connectivity index (χ4v) is 3.07. The van der Waals surface area contributed by atoms with Gasteiger partial charge in [0.2, 0.25) is 0 Å². The number of rotatable bonds is 2. The molecule has 1 aliphatic heterocycles. The van der Waals surface area contributed by atoms with E-state index in [1.807, 2.05) is 6.07 Å². The molecule has 1 spiro atoms. The normalized spacial score (nSPS) is 20.1. The van der Waals surface area contributed by atoms with Gasteiger partial charge in [0.1, 0.15) is 0 Å². The molecule has 20 heavy (non-hydrogen) atoms. The van der Waals surface area contributed by atoms with Gasteiger partial charge in [0, 0.05) is 24.5 Å². The minimum absolute atomic E-state index is 0.293. The van der Waals surface area contributed by atoms with E-state index in [0.29, 0.717) is 16.7 Å². The van der Waals surface area contributed by atoms with Crippen LogP contribution in [0.2, 0.25) is 0 Å². The van der Waals surface area contributed by atoms with Gasteiger partial charge in [0.25, 0.3) is 0 Å². The van der Waals surface area contributed by atoms with Gasteiger partial charge < -0.3 is 15.2 Å². The first-order chi connectivity index (χ1) is 9.63. The Morgan fingerprint density at radius 1 is 1.35 bits per heavy atom. The molecule has 0 aromatic heterocycles. The van der Waals surface area contributed by atoms with E-state index in [1.54, 1.807) is 12.1 Å².